The van der Waals surface area contributed by atoms with Crippen LogP contribution in [-0.2, 0) is 11.3 Å². The lowest BCUT2D eigenvalue weighted by molar-refractivity contribution is -0.325. The summed E-state index contributed by atoms with van der Waals surface area (Å²) in [7, 11) is 0. The molecule has 3 nitrogen and oxygen atoms in total. The minimum Gasteiger partial charge on any atom is -0.489 e. The molecule has 0 amide bonds. The van der Waals surface area contributed by atoms with Gasteiger partial charge in [-0.2, -0.15) is 0 Å². The SMILES string of the molecule is CCCNCc1cccc(Cl)c1OCCOC(F)(F)F. The van der Waals surface area contributed by atoms with Crippen molar-refractivity contribution in [3.05, 3.63) is 28.8 Å². The van der Waals surface area contributed by atoms with E-state index in [0.717, 1.165) is 18.5 Å². The van der Waals surface area contributed by atoms with E-state index in [-0.39, 0.29) is 6.61 Å². The van der Waals surface area contributed by atoms with Crippen LogP contribution in [0.25, 0.3) is 0 Å². The Balaban J connectivity index is 2.54. The fourth-order valence-corrected chi connectivity index (χ4v) is 1.80. The van der Waals surface area contributed by atoms with Gasteiger partial charge in [-0.05, 0) is 19.0 Å². The van der Waals surface area contributed by atoms with E-state index in [2.05, 4.69) is 10.1 Å². The second-order valence-corrected chi connectivity index (χ2v) is 4.45. The van der Waals surface area contributed by atoms with Crippen LogP contribution in [0.4, 0.5) is 13.2 Å². The second-order valence-electron chi connectivity index (χ2n) is 4.05. The zero-order valence-corrected chi connectivity index (χ0v) is 11.9. The smallest absolute Gasteiger partial charge is 0.489 e. The highest BCUT2D eigenvalue weighted by Gasteiger charge is 2.28. The summed E-state index contributed by atoms with van der Waals surface area (Å²) in [5, 5.41) is 3.55. The van der Waals surface area contributed by atoms with E-state index in [4.69, 9.17) is 16.3 Å². The average molecular weight is 312 g/mol. The Hall–Kier alpha value is -0.980. The van der Waals surface area contributed by atoms with Gasteiger partial charge < -0.3 is 10.1 Å². The average Bonchev–Trinajstić information content (AvgIpc) is 2.36. The van der Waals surface area contributed by atoms with E-state index < -0.39 is 13.0 Å². The molecular formula is C13H17ClF3NO2. The van der Waals surface area contributed by atoms with Crippen LogP contribution in [0.5, 0.6) is 5.75 Å². The second kappa shape index (κ2) is 8.34. The molecule has 0 heterocycles. The largest absolute Gasteiger partial charge is 0.522 e. The molecule has 1 aromatic rings. The highest BCUT2D eigenvalue weighted by atomic mass is 35.5. The van der Waals surface area contributed by atoms with Gasteiger partial charge in [0.2, 0.25) is 0 Å². The molecule has 0 unspecified atom stereocenters. The summed E-state index contributed by atoms with van der Waals surface area (Å²) >= 11 is 6.00. The first-order chi connectivity index (χ1) is 9.44. The van der Waals surface area contributed by atoms with Crippen LogP contribution in [-0.4, -0.2) is 26.1 Å². The summed E-state index contributed by atoms with van der Waals surface area (Å²) in [6.45, 7) is 2.63. The lowest BCUT2D eigenvalue weighted by atomic mass is 10.2. The van der Waals surface area contributed by atoms with Gasteiger partial charge in [-0.25, -0.2) is 0 Å². The van der Waals surface area contributed by atoms with Gasteiger partial charge in [-0.1, -0.05) is 30.7 Å². The van der Waals surface area contributed by atoms with Crippen molar-refractivity contribution in [2.45, 2.75) is 26.3 Å². The Labute approximate surface area is 121 Å². The van der Waals surface area contributed by atoms with Crippen LogP contribution in [0.15, 0.2) is 18.2 Å². The molecule has 0 saturated heterocycles. The highest BCUT2D eigenvalue weighted by Crippen LogP contribution is 2.28. The van der Waals surface area contributed by atoms with Crippen LogP contribution in [0, 0.1) is 0 Å². The molecule has 20 heavy (non-hydrogen) atoms. The first kappa shape index (κ1) is 17.1. The number of benzene rings is 1. The van der Waals surface area contributed by atoms with Crippen molar-refractivity contribution < 1.29 is 22.6 Å². The summed E-state index contributed by atoms with van der Waals surface area (Å²) in [5.74, 6) is 0.392. The maximum atomic E-state index is 11.8. The van der Waals surface area contributed by atoms with Crippen LogP contribution >= 0.6 is 11.6 Å². The Kier molecular flexibility index (Phi) is 7.12. The third-order valence-electron chi connectivity index (χ3n) is 2.39. The number of alkyl halides is 3. The summed E-state index contributed by atoms with van der Waals surface area (Å²) in [6.07, 6.45) is -3.66. The molecule has 0 aliphatic carbocycles. The molecular weight excluding hydrogens is 295 g/mol. The summed E-state index contributed by atoms with van der Waals surface area (Å²) in [6, 6.07) is 5.21. The van der Waals surface area contributed by atoms with Crippen LogP contribution in [0.2, 0.25) is 5.02 Å². The van der Waals surface area contributed by atoms with Crippen molar-refractivity contribution in [2.75, 3.05) is 19.8 Å². The lowest BCUT2D eigenvalue weighted by Crippen LogP contribution is -2.19. The Morgan fingerprint density at radius 2 is 2.00 bits per heavy atom. The molecule has 1 N–H and O–H groups in total. The van der Waals surface area contributed by atoms with E-state index >= 15 is 0 Å². The topological polar surface area (TPSA) is 30.5 Å². The normalized spacial score (nSPS) is 11.7. The van der Waals surface area contributed by atoms with Crippen molar-refractivity contribution in [1.29, 1.82) is 0 Å². The van der Waals surface area contributed by atoms with Crippen molar-refractivity contribution in [3.63, 3.8) is 0 Å². The van der Waals surface area contributed by atoms with Gasteiger partial charge in [-0.3, -0.25) is 4.74 Å². The van der Waals surface area contributed by atoms with Gasteiger partial charge in [0, 0.05) is 12.1 Å². The van der Waals surface area contributed by atoms with Crippen molar-refractivity contribution >= 4 is 11.6 Å². The summed E-state index contributed by atoms with van der Waals surface area (Å²) in [5.41, 5.74) is 0.804. The van der Waals surface area contributed by atoms with Crippen LogP contribution in [0.1, 0.15) is 18.9 Å². The molecule has 1 rings (SSSR count). The molecule has 0 radical (unpaired) electrons. The highest BCUT2D eigenvalue weighted by molar-refractivity contribution is 6.32. The first-order valence-electron chi connectivity index (χ1n) is 6.25. The third kappa shape index (κ3) is 6.45. The van der Waals surface area contributed by atoms with Gasteiger partial charge >= 0.3 is 6.36 Å². The number of hydrogen-bond acceptors (Lipinski definition) is 3. The predicted molar refractivity (Wildman–Crippen MR) is 71.0 cm³/mol. The van der Waals surface area contributed by atoms with E-state index in [0.29, 0.717) is 17.3 Å². The Bertz CT molecular complexity index is 413. The number of rotatable bonds is 8. The van der Waals surface area contributed by atoms with Crippen molar-refractivity contribution in [3.8, 4) is 5.75 Å². The van der Waals surface area contributed by atoms with Gasteiger partial charge in [0.15, 0.2) is 0 Å². The third-order valence-corrected chi connectivity index (χ3v) is 2.68. The fourth-order valence-electron chi connectivity index (χ4n) is 1.56. The van der Waals surface area contributed by atoms with Crippen LogP contribution in [0.3, 0.4) is 0 Å². The monoisotopic (exact) mass is 311 g/mol. The first-order valence-corrected chi connectivity index (χ1v) is 6.63. The molecule has 114 valence electrons. The number of nitrogens with one attached hydrogen (secondary N) is 1. The minimum atomic E-state index is -4.64. The maximum absolute atomic E-state index is 11.8. The summed E-state index contributed by atoms with van der Waals surface area (Å²) in [4.78, 5) is 0. The number of halogens is 4. The minimum absolute atomic E-state index is 0.218. The van der Waals surface area contributed by atoms with E-state index in [1.165, 1.54) is 0 Å². The predicted octanol–water partition coefficient (Wildman–Crippen LogP) is 3.75. The lowest BCUT2D eigenvalue weighted by Gasteiger charge is -2.14. The van der Waals surface area contributed by atoms with E-state index in [9.17, 15) is 13.2 Å². The maximum Gasteiger partial charge on any atom is 0.522 e. The van der Waals surface area contributed by atoms with E-state index in [1.54, 1.807) is 12.1 Å². The Morgan fingerprint density at radius 3 is 2.65 bits per heavy atom. The molecule has 0 fully saturated rings. The molecule has 0 atom stereocenters. The van der Waals surface area contributed by atoms with Gasteiger partial charge in [-0.15, -0.1) is 13.2 Å². The van der Waals surface area contributed by atoms with Crippen molar-refractivity contribution in [1.82, 2.24) is 5.32 Å². The number of hydrogen-bond donors (Lipinski definition) is 1. The van der Waals surface area contributed by atoms with Gasteiger partial charge in [0.05, 0.1) is 11.6 Å². The molecule has 0 aliphatic rings. The molecule has 0 aromatic heterocycles. The van der Waals surface area contributed by atoms with Crippen LogP contribution < -0.4 is 10.1 Å². The molecule has 1 aromatic carbocycles. The molecule has 0 saturated carbocycles. The number of ether oxygens (including phenoxy) is 2. The quantitative estimate of drug-likeness (QED) is 0.742. The molecule has 0 aliphatic heterocycles. The summed E-state index contributed by atoms with van der Waals surface area (Å²) < 4.78 is 44.4. The Morgan fingerprint density at radius 1 is 1.25 bits per heavy atom. The van der Waals surface area contributed by atoms with Gasteiger partial charge in [0.25, 0.3) is 0 Å². The zero-order valence-electron chi connectivity index (χ0n) is 11.1. The molecule has 0 spiro atoms. The zero-order chi connectivity index (χ0) is 15.0. The molecule has 0 bridgehead atoms. The molecule has 7 heteroatoms. The van der Waals surface area contributed by atoms with E-state index in [1.807, 2.05) is 13.0 Å². The fraction of sp³-hybridized carbons (Fsp3) is 0.538. The van der Waals surface area contributed by atoms with Crippen molar-refractivity contribution in [2.24, 2.45) is 0 Å². The number of para-hydroxylation sites is 1. The standard InChI is InChI=1S/C13H17ClF3NO2/c1-2-6-18-9-10-4-3-5-11(14)12(10)19-7-8-20-13(15,16)17/h3-5,18H,2,6-9H2,1H3. The van der Waals surface area contributed by atoms with Gasteiger partial charge in [0.1, 0.15) is 12.4 Å².